The third kappa shape index (κ3) is 9.07. The Hall–Kier alpha value is -1.77. The van der Waals surface area contributed by atoms with Gasteiger partial charge in [0.05, 0.1) is 6.54 Å². The third-order valence-corrected chi connectivity index (χ3v) is 4.88. The number of hydrogen-bond acceptors (Lipinski definition) is 5. The van der Waals surface area contributed by atoms with Crippen LogP contribution in [0.1, 0.15) is 64.2 Å². The molecule has 0 aliphatic carbocycles. The zero-order valence-corrected chi connectivity index (χ0v) is 17.4. The first-order valence-corrected chi connectivity index (χ1v) is 10.3. The SMILES string of the molecule is CC#CCNCCC(CCC)CCc1nc(C(/C=C\N=CC)=C/C)ns1. The van der Waals surface area contributed by atoms with Gasteiger partial charge in [0.1, 0.15) is 5.01 Å². The number of nitrogens with zero attached hydrogens (tertiary/aromatic N) is 3. The maximum atomic E-state index is 4.72. The highest BCUT2D eigenvalue weighted by Crippen LogP contribution is 2.21. The molecule has 0 bridgehead atoms. The van der Waals surface area contributed by atoms with Crippen molar-refractivity contribution in [1.82, 2.24) is 14.7 Å². The maximum absolute atomic E-state index is 4.72. The van der Waals surface area contributed by atoms with E-state index in [2.05, 4.69) is 33.4 Å². The molecule has 0 saturated carbocycles. The van der Waals surface area contributed by atoms with Gasteiger partial charge in [-0.2, -0.15) is 4.37 Å². The molecule has 1 unspecified atom stereocenters. The molecule has 0 amide bonds. The van der Waals surface area contributed by atoms with Crippen LogP contribution in [0.5, 0.6) is 0 Å². The lowest BCUT2D eigenvalue weighted by molar-refractivity contribution is 0.408. The minimum absolute atomic E-state index is 0.731. The van der Waals surface area contributed by atoms with E-state index >= 15 is 0 Å². The topological polar surface area (TPSA) is 50.2 Å². The van der Waals surface area contributed by atoms with E-state index < -0.39 is 0 Å². The molecule has 0 saturated heterocycles. The summed E-state index contributed by atoms with van der Waals surface area (Å²) in [6.45, 7) is 9.86. The first kappa shape index (κ1) is 22.3. The van der Waals surface area contributed by atoms with Gasteiger partial charge < -0.3 is 5.32 Å². The molecular formula is C21H32N4S. The zero-order valence-electron chi connectivity index (χ0n) is 16.6. The van der Waals surface area contributed by atoms with Crippen LogP contribution >= 0.6 is 11.5 Å². The number of aliphatic imine (C=N–C) groups is 1. The molecule has 1 rings (SSSR count). The molecule has 1 aromatic heterocycles. The van der Waals surface area contributed by atoms with E-state index in [4.69, 9.17) is 4.98 Å². The number of nitrogens with one attached hydrogen (secondary N) is 1. The number of hydrogen-bond donors (Lipinski definition) is 1. The lowest BCUT2D eigenvalue weighted by Crippen LogP contribution is -2.18. The summed E-state index contributed by atoms with van der Waals surface area (Å²) in [4.78, 5) is 8.82. The smallest absolute Gasteiger partial charge is 0.172 e. The molecule has 0 radical (unpaired) electrons. The number of aryl methyl sites for hydroxylation is 1. The van der Waals surface area contributed by atoms with Crippen molar-refractivity contribution in [3.8, 4) is 11.8 Å². The second kappa shape index (κ2) is 14.4. The summed E-state index contributed by atoms with van der Waals surface area (Å²) in [5.41, 5.74) is 1.02. The van der Waals surface area contributed by atoms with E-state index in [1.807, 2.05) is 32.9 Å². The van der Waals surface area contributed by atoms with E-state index in [1.54, 1.807) is 12.4 Å². The van der Waals surface area contributed by atoms with Crippen molar-refractivity contribution in [2.45, 2.75) is 59.8 Å². The van der Waals surface area contributed by atoms with Gasteiger partial charge in [-0.1, -0.05) is 31.8 Å². The predicted octanol–water partition coefficient (Wildman–Crippen LogP) is 4.90. The van der Waals surface area contributed by atoms with Crippen LogP contribution in [0, 0.1) is 17.8 Å². The summed E-state index contributed by atoms with van der Waals surface area (Å²) in [6, 6.07) is 0. The minimum atomic E-state index is 0.731. The second-order valence-corrected chi connectivity index (χ2v) is 6.90. The van der Waals surface area contributed by atoms with Crippen LogP contribution in [-0.2, 0) is 6.42 Å². The summed E-state index contributed by atoms with van der Waals surface area (Å²) in [5, 5.41) is 4.52. The van der Waals surface area contributed by atoms with Gasteiger partial charge in [0.15, 0.2) is 5.82 Å². The van der Waals surface area contributed by atoms with Crippen LogP contribution in [0.3, 0.4) is 0 Å². The normalized spacial score (nSPS) is 13.3. The summed E-state index contributed by atoms with van der Waals surface area (Å²) in [5.74, 6) is 7.51. The third-order valence-electron chi connectivity index (χ3n) is 4.11. The number of allylic oxidation sites excluding steroid dienone is 3. The molecule has 1 atom stereocenters. The molecular weight excluding hydrogens is 340 g/mol. The van der Waals surface area contributed by atoms with Gasteiger partial charge in [-0.05, 0) is 63.7 Å². The molecule has 0 aliphatic rings. The van der Waals surface area contributed by atoms with Gasteiger partial charge in [-0.3, -0.25) is 4.99 Å². The molecule has 1 heterocycles. The molecule has 142 valence electrons. The Bertz CT molecular complexity index is 646. The molecule has 0 fully saturated rings. The van der Waals surface area contributed by atoms with Gasteiger partial charge in [-0.15, -0.1) is 5.92 Å². The minimum Gasteiger partial charge on any atom is -0.306 e. The Morgan fingerprint density at radius 2 is 2.15 bits per heavy atom. The highest BCUT2D eigenvalue weighted by atomic mass is 32.1. The lowest BCUT2D eigenvalue weighted by Gasteiger charge is -2.15. The van der Waals surface area contributed by atoms with Gasteiger partial charge >= 0.3 is 0 Å². The predicted molar refractivity (Wildman–Crippen MR) is 115 cm³/mol. The monoisotopic (exact) mass is 372 g/mol. The largest absolute Gasteiger partial charge is 0.306 e. The van der Waals surface area contributed by atoms with Crippen molar-refractivity contribution in [2.24, 2.45) is 10.9 Å². The van der Waals surface area contributed by atoms with Gasteiger partial charge in [0.2, 0.25) is 0 Å². The summed E-state index contributed by atoms with van der Waals surface area (Å²) in [7, 11) is 0. The molecule has 26 heavy (non-hydrogen) atoms. The number of rotatable bonds is 12. The van der Waals surface area contributed by atoms with Crippen LogP contribution in [-0.4, -0.2) is 28.7 Å². The zero-order chi connectivity index (χ0) is 19.0. The first-order valence-electron chi connectivity index (χ1n) is 9.49. The van der Waals surface area contributed by atoms with Crippen molar-refractivity contribution in [3.63, 3.8) is 0 Å². The Kier molecular flexibility index (Phi) is 12.3. The summed E-state index contributed by atoms with van der Waals surface area (Å²) in [6.07, 6.45) is 13.4. The van der Waals surface area contributed by atoms with Crippen LogP contribution in [0.4, 0.5) is 0 Å². The quantitative estimate of drug-likeness (QED) is 0.246. The standard InChI is InChI=1S/C21H32N4S/c1-5-9-15-23-16-13-18(10-6-2)11-12-20-24-21(25-26-20)19(7-3)14-17-22-8-4/h7-8,14,17-18,23H,6,10-13,15-16H2,1-4H3/b17-14-,19-7+,22-8?. The van der Waals surface area contributed by atoms with Gasteiger partial charge in [0, 0.05) is 24.4 Å². The van der Waals surface area contributed by atoms with Gasteiger partial charge in [0.25, 0.3) is 0 Å². The highest BCUT2D eigenvalue weighted by molar-refractivity contribution is 7.05. The number of aromatic nitrogens is 2. The van der Waals surface area contributed by atoms with Crippen LogP contribution in [0.15, 0.2) is 23.3 Å². The molecule has 4 nitrogen and oxygen atoms in total. The Morgan fingerprint density at radius 3 is 2.85 bits per heavy atom. The summed E-state index contributed by atoms with van der Waals surface area (Å²) >= 11 is 1.52. The Labute approximate surface area is 163 Å². The molecule has 1 N–H and O–H groups in total. The van der Waals surface area contributed by atoms with E-state index in [0.717, 1.165) is 41.8 Å². The fourth-order valence-corrected chi connectivity index (χ4v) is 3.37. The molecule has 0 aliphatic heterocycles. The molecule has 5 heteroatoms. The van der Waals surface area contributed by atoms with Crippen LogP contribution in [0.25, 0.3) is 5.57 Å². The van der Waals surface area contributed by atoms with E-state index in [-0.39, 0.29) is 0 Å². The maximum Gasteiger partial charge on any atom is 0.172 e. The Balaban J connectivity index is 2.53. The van der Waals surface area contributed by atoms with Crippen molar-refractivity contribution in [2.75, 3.05) is 13.1 Å². The average Bonchev–Trinajstić information content (AvgIpc) is 3.12. The molecule has 0 aromatic carbocycles. The Morgan fingerprint density at radius 1 is 1.31 bits per heavy atom. The van der Waals surface area contributed by atoms with Crippen molar-refractivity contribution < 1.29 is 0 Å². The lowest BCUT2D eigenvalue weighted by atomic mass is 9.94. The second-order valence-electron chi connectivity index (χ2n) is 6.06. The van der Waals surface area contributed by atoms with Gasteiger partial charge in [-0.25, -0.2) is 4.98 Å². The van der Waals surface area contributed by atoms with E-state index in [9.17, 15) is 0 Å². The van der Waals surface area contributed by atoms with Crippen LogP contribution < -0.4 is 5.32 Å². The average molecular weight is 373 g/mol. The fraction of sp³-hybridized carbons (Fsp3) is 0.571. The van der Waals surface area contributed by atoms with Crippen molar-refractivity contribution in [1.29, 1.82) is 0 Å². The first-order chi connectivity index (χ1) is 12.7. The molecule has 0 spiro atoms. The fourth-order valence-electron chi connectivity index (χ4n) is 2.70. The molecule has 1 aromatic rings. The van der Waals surface area contributed by atoms with Crippen LogP contribution in [0.2, 0.25) is 0 Å². The van der Waals surface area contributed by atoms with E-state index in [0.29, 0.717) is 0 Å². The van der Waals surface area contributed by atoms with E-state index in [1.165, 1.54) is 37.2 Å². The van der Waals surface area contributed by atoms with Crippen molar-refractivity contribution >= 4 is 23.3 Å². The summed E-state index contributed by atoms with van der Waals surface area (Å²) < 4.78 is 4.52. The highest BCUT2D eigenvalue weighted by Gasteiger charge is 2.11. The van der Waals surface area contributed by atoms with Crippen molar-refractivity contribution in [3.05, 3.63) is 29.2 Å².